The van der Waals surface area contributed by atoms with Crippen LogP contribution in [-0.2, 0) is 4.74 Å². The molecule has 1 rings (SSSR count). The predicted octanol–water partition coefficient (Wildman–Crippen LogP) is 2.95. The highest BCUT2D eigenvalue weighted by Crippen LogP contribution is 2.25. The standard InChI is InChI=1S/C15H22N2O4/c1-10(16-17-14(18)21-15(2,3)4)12-8-7-11(19-5)9-13(12)20-6/h7-9H,1-6H3,(H,17,18)/b16-10+. The van der Waals surface area contributed by atoms with Crippen LogP contribution in [0.3, 0.4) is 0 Å². The van der Waals surface area contributed by atoms with Crippen molar-refractivity contribution in [3.8, 4) is 11.5 Å². The minimum absolute atomic E-state index is 0.564. The van der Waals surface area contributed by atoms with Crippen molar-refractivity contribution in [3.05, 3.63) is 23.8 Å². The van der Waals surface area contributed by atoms with Crippen molar-refractivity contribution in [1.29, 1.82) is 0 Å². The van der Waals surface area contributed by atoms with Gasteiger partial charge < -0.3 is 14.2 Å². The van der Waals surface area contributed by atoms with Gasteiger partial charge in [0.25, 0.3) is 0 Å². The Labute approximate surface area is 125 Å². The number of amides is 1. The van der Waals surface area contributed by atoms with E-state index in [0.717, 1.165) is 5.56 Å². The predicted molar refractivity (Wildman–Crippen MR) is 81.1 cm³/mol. The Bertz CT molecular complexity index is 533. The van der Waals surface area contributed by atoms with E-state index in [4.69, 9.17) is 14.2 Å². The van der Waals surface area contributed by atoms with Crippen molar-refractivity contribution < 1.29 is 19.0 Å². The van der Waals surface area contributed by atoms with Crippen molar-refractivity contribution in [1.82, 2.24) is 5.43 Å². The quantitative estimate of drug-likeness (QED) is 0.684. The molecule has 0 bridgehead atoms. The van der Waals surface area contributed by atoms with Gasteiger partial charge in [0.2, 0.25) is 0 Å². The minimum Gasteiger partial charge on any atom is -0.497 e. The maximum atomic E-state index is 11.6. The highest BCUT2D eigenvalue weighted by Gasteiger charge is 2.16. The fourth-order valence-electron chi connectivity index (χ4n) is 1.59. The molecule has 21 heavy (non-hydrogen) atoms. The number of ether oxygens (including phenoxy) is 3. The lowest BCUT2D eigenvalue weighted by Gasteiger charge is -2.18. The topological polar surface area (TPSA) is 69.2 Å². The van der Waals surface area contributed by atoms with E-state index in [9.17, 15) is 4.79 Å². The zero-order valence-electron chi connectivity index (χ0n) is 13.3. The van der Waals surface area contributed by atoms with Crippen LogP contribution >= 0.6 is 0 Å². The van der Waals surface area contributed by atoms with Crippen LogP contribution in [0.2, 0.25) is 0 Å². The molecule has 0 fully saturated rings. The molecule has 0 spiro atoms. The molecule has 0 aliphatic rings. The normalized spacial score (nSPS) is 11.8. The van der Waals surface area contributed by atoms with Gasteiger partial charge in [-0.15, -0.1) is 0 Å². The third kappa shape index (κ3) is 5.33. The van der Waals surface area contributed by atoms with Gasteiger partial charge in [-0.2, -0.15) is 5.10 Å². The van der Waals surface area contributed by atoms with Crippen LogP contribution in [0, 0.1) is 0 Å². The molecule has 1 N–H and O–H groups in total. The van der Waals surface area contributed by atoms with Gasteiger partial charge in [-0.05, 0) is 39.8 Å². The Balaban J connectivity index is 2.85. The number of rotatable bonds is 4. The van der Waals surface area contributed by atoms with Gasteiger partial charge in [-0.25, -0.2) is 10.2 Å². The summed E-state index contributed by atoms with van der Waals surface area (Å²) in [5.41, 5.74) is 3.15. The molecule has 116 valence electrons. The molecule has 0 radical (unpaired) electrons. The summed E-state index contributed by atoms with van der Waals surface area (Å²) in [6.07, 6.45) is -0.602. The van der Waals surface area contributed by atoms with E-state index < -0.39 is 11.7 Å². The summed E-state index contributed by atoms with van der Waals surface area (Å²) in [4.78, 5) is 11.6. The molecule has 1 aromatic rings. The van der Waals surface area contributed by atoms with Gasteiger partial charge in [-0.3, -0.25) is 0 Å². The van der Waals surface area contributed by atoms with Gasteiger partial charge in [0.1, 0.15) is 17.1 Å². The molecule has 1 aromatic carbocycles. The lowest BCUT2D eigenvalue weighted by atomic mass is 10.1. The Morgan fingerprint density at radius 1 is 1.19 bits per heavy atom. The Morgan fingerprint density at radius 2 is 1.86 bits per heavy atom. The summed E-state index contributed by atoms with van der Waals surface area (Å²) < 4.78 is 15.5. The lowest BCUT2D eigenvalue weighted by Crippen LogP contribution is -2.30. The number of benzene rings is 1. The summed E-state index contributed by atoms with van der Waals surface area (Å²) in [6.45, 7) is 7.13. The number of nitrogens with one attached hydrogen (secondary N) is 1. The second-order valence-electron chi connectivity index (χ2n) is 5.38. The molecule has 6 heteroatoms. The Kier molecular flexibility index (Phi) is 5.58. The minimum atomic E-state index is -0.602. The van der Waals surface area contributed by atoms with Crippen LogP contribution in [0.5, 0.6) is 11.5 Å². The van der Waals surface area contributed by atoms with E-state index in [1.54, 1.807) is 54.0 Å². The molecule has 0 heterocycles. The summed E-state index contributed by atoms with van der Waals surface area (Å²) in [6, 6.07) is 5.36. The molecular formula is C15H22N2O4. The van der Waals surface area contributed by atoms with Crippen LogP contribution in [0.15, 0.2) is 23.3 Å². The largest absolute Gasteiger partial charge is 0.497 e. The van der Waals surface area contributed by atoms with Crippen LogP contribution in [0.1, 0.15) is 33.3 Å². The first-order valence-corrected chi connectivity index (χ1v) is 6.52. The molecular weight excluding hydrogens is 272 g/mol. The second-order valence-corrected chi connectivity index (χ2v) is 5.38. The van der Waals surface area contributed by atoms with Crippen molar-refractivity contribution in [2.45, 2.75) is 33.3 Å². The van der Waals surface area contributed by atoms with Crippen LogP contribution in [0.25, 0.3) is 0 Å². The van der Waals surface area contributed by atoms with Crippen LogP contribution < -0.4 is 14.9 Å². The summed E-state index contributed by atoms with van der Waals surface area (Å²) in [7, 11) is 3.15. The Morgan fingerprint density at radius 3 is 2.38 bits per heavy atom. The average molecular weight is 294 g/mol. The molecule has 0 unspecified atom stereocenters. The molecule has 6 nitrogen and oxygen atoms in total. The van der Waals surface area contributed by atoms with Gasteiger partial charge in [0.05, 0.1) is 19.9 Å². The van der Waals surface area contributed by atoms with Crippen LogP contribution in [0.4, 0.5) is 4.79 Å². The number of hydrogen-bond donors (Lipinski definition) is 1. The monoisotopic (exact) mass is 294 g/mol. The number of nitrogens with zero attached hydrogens (tertiary/aromatic N) is 1. The Hall–Kier alpha value is -2.24. The maximum Gasteiger partial charge on any atom is 0.428 e. The van der Waals surface area contributed by atoms with Gasteiger partial charge in [0, 0.05) is 11.6 Å². The van der Waals surface area contributed by atoms with E-state index in [-0.39, 0.29) is 0 Å². The smallest absolute Gasteiger partial charge is 0.428 e. The first-order chi connectivity index (χ1) is 9.76. The number of hydrogen-bond acceptors (Lipinski definition) is 5. The maximum absolute atomic E-state index is 11.6. The highest BCUT2D eigenvalue weighted by molar-refractivity contribution is 6.01. The van der Waals surface area contributed by atoms with E-state index >= 15 is 0 Å². The van der Waals surface area contributed by atoms with Crippen molar-refractivity contribution in [2.75, 3.05) is 14.2 Å². The average Bonchev–Trinajstić information content (AvgIpc) is 2.42. The van der Waals surface area contributed by atoms with E-state index in [2.05, 4.69) is 10.5 Å². The molecule has 0 saturated carbocycles. The van der Waals surface area contributed by atoms with Crippen molar-refractivity contribution >= 4 is 11.8 Å². The van der Waals surface area contributed by atoms with E-state index in [1.165, 1.54) is 0 Å². The second kappa shape index (κ2) is 6.97. The molecule has 1 amide bonds. The summed E-state index contributed by atoms with van der Waals surface area (Å²) >= 11 is 0. The molecule has 0 aliphatic carbocycles. The third-order valence-electron chi connectivity index (χ3n) is 2.51. The fraction of sp³-hybridized carbons (Fsp3) is 0.467. The molecule has 0 aliphatic heterocycles. The molecule has 0 saturated heterocycles. The van der Waals surface area contributed by atoms with E-state index in [0.29, 0.717) is 17.2 Å². The SMILES string of the molecule is COc1ccc(/C(C)=N/NC(=O)OC(C)(C)C)c(OC)c1. The number of methoxy groups -OCH3 is 2. The lowest BCUT2D eigenvalue weighted by molar-refractivity contribution is 0.0529. The first kappa shape index (κ1) is 16.8. The number of carbonyl (C=O) groups excluding carboxylic acids is 1. The van der Waals surface area contributed by atoms with Crippen LogP contribution in [-0.4, -0.2) is 31.6 Å². The van der Waals surface area contributed by atoms with Gasteiger partial charge in [0.15, 0.2) is 0 Å². The van der Waals surface area contributed by atoms with Crippen molar-refractivity contribution in [2.24, 2.45) is 5.10 Å². The zero-order valence-corrected chi connectivity index (χ0v) is 13.3. The number of carbonyl (C=O) groups is 1. The summed E-state index contributed by atoms with van der Waals surface area (Å²) in [5, 5.41) is 4.01. The highest BCUT2D eigenvalue weighted by atomic mass is 16.6. The summed E-state index contributed by atoms with van der Waals surface area (Å²) in [5.74, 6) is 1.30. The molecule has 0 atom stereocenters. The van der Waals surface area contributed by atoms with E-state index in [1.807, 2.05) is 6.07 Å². The first-order valence-electron chi connectivity index (χ1n) is 6.52. The molecule has 0 aromatic heterocycles. The van der Waals surface area contributed by atoms with Gasteiger partial charge >= 0.3 is 6.09 Å². The third-order valence-corrected chi connectivity index (χ3v) is 2.51. The van der Waals surface area contributed by atoms with Crippen molar-refractivity contribution in [3.63, 3.8) is 0 Å². The van der Waals surface area contributed by atoms with Gasteiger partial charge in [-0.1, -0.05) is 0 Å². The number of hydrazone groups is 1. The fourth-order valence-corrected chi connectivity index (χ4v) is 1.59. The zero-order chi connectivity index (χ0) is 16.0.